The van der Waals surface area contributed by atoms with Crippen LogP contribution in [0.25, 0.3) is 55.6 Å². The maximum atomic E-state index is 7.82. The molecule has 6 rings (SSSR count). The van der Waals surface area contributed by atoms with Crippen LogP contribution in [0.3, 0.4) is 0 Å². The molecule has 406 valence electrons. The molecule has 0 bridgehead atoms. The first-order chi connectivity index (χ1) is 33.9. The predicted octanol–water partition coefficient (Wildman–Crippen LogP) is 19.8. The van der Waals surface area contributed by atoms with E-state index in [0.717, 1.165) is 0 Å². The maximum Gasteiger partial charge on any atom is 0.334 e. The predicted molar refractivity (Wildman–Crippen MR) is 327 cm³/mol. The quantitative estimate of drug-likeness (QED) is 0.120. The summed E-state index contributed by atoms with van der Waals surface area (Å²) in [7, 11) is -5.22. The van der Waals surface area contributed by atoms with Gasteiger partial charge >= 0.3 is 17.2 Å². The fourth-order valence-electron chi connectivity index (χ4n) is 10.0. The smallest absolute Gasteiger partial charge is 0.328 e. The molecular weight excluding hydrogens is 959 g/mol. The van der Waals surface area contributed by atoms with Crippen molar-refractivity contribution in [3.05, 3.63) is 154 Å². The monoisotopic (exact) mass is 1050 g/mol. The highest BCUT2D eigenvalue weighted by molar-refractivity contribution is 7.53. The van der Waals surface area contributed by atoms with Crippen LogP contribution in [-0.4, -0.2) is 19.6 Å². The average Bonchev–Trinajstić information content (AvgIpc) is 3.25. The molecule has 0 heterocycles. The average molecular weight is 1050 g/mol. The minimum atomic E-state index is -2.61. The van der Waals surface area contributed by atoms with E-state index in [1.165, 1.54) is 100 Å². The number of hydrogen-bond acceptors (Lipinski definition) is 5. The van der Waals surface area contributed by atoms with Crippen LogP contribution in [-0.2, 0) is 47.6 Å². The van der Waals surface area contributed by atoms with Crippen molar-refractivity contribution >= 4 is 17.2 Å². The Hall–Kier alpha value is -4.02. The fourth-order valence-corrected chi connectivity index (χ4v) is 10.6. The van der Waals surface area contributed by atoms with Gasteiger partial charge in [-0.05, 0) is 150 Å². The molecule has 0 fully saturated rings. The minimum absolute atomic E-state index is 0.00719. The molecule has 0 spiro atoms. The van der Waals surface area contributed by atoms with Gasteiger partial charge in [-0.2, -0.15) is 0 Å². The third-order valence-corrected chi connectivity index (χ3v) is 15.6. The Labute approximate surface area is 457 Å². The lowest BCUT2D eigenvalue weighted by Gasteiger charge is -2.35. The van der Waals surface area contributed by atoms with E-state index in [-0.39, 0.29) is 43.3 Å². The Bertz CT molecular complexity index is 2950. The highest BCUT2D eigenvalue weighted by Crippen LogP contribution is 2.57. The summed E-state index contributed by atoms with van der Waals surface area (Å²) in [5, 5.41) is 0. The molecule has 5 nitrogen and oxygen atoms in total. The molecule has 0 aliphatic carbocycles. The summed E-state index contributed by atoms with van der Waals surface area (Å²) < 4.78 is 3.60. The Morgan fingerprint density at radius 2 is 0.533 bits per heavy atom. The van der Waals surface area contributed by atoms with Gasteiger partial charge in [-0.1, -0.05) is 269 Å². The normalized spacial score (nSPS) is 13.4. The van der Waals surface area contributed by atoms with Crippen molar-refractivity contribution in [1.82, 2.24) is 0 Å². The van der Waals surface area contributed by atoms with Gasteiger partial charge in [0.05, 0.1) is 0 Å². The Balaban J connectivity index is 0.00000138. The molecule has 0 saturated heterocycles. The van der Waals surface area contributed by atoms with E-state index in [2.05, 4.69) is 280 Å². The van der Waals surface area contributed by atoms with Crippen LogP contribution in [0.1, 0.15) is 211 Å². The van der Waals surface area contributed by atoms with Crippen molar-refractivity contribution in [2.45, 2.75) is 209 Å². The van der Waals surface area contributed by atoms with Gasteiger partial charge in [0.15, 0.2) is 0 Å². The van der Waals surface area contributed by atoms with Gasteiger partial charge < -0.3 is 19.6 Å². The Morgan fingerprint density at radius 1 is 0.267 bits per heavy atom. The molecular formula is C68H94O5P2. The second kappa shape index (κ2) is 22.0. The van der Waals surface area contributed by atoms with Crippen LogP contribution >= 0.6 is 17.2 Å². The zero-order valence-corrected chi connectivity index (χ0v) is 52.3. The van der Waals surface area contributed by atoms with E-state index in [4.69, 9.17) is 19.6 Å². The molecule has 4 N–H and O–H groups in total. The van der Waals surface area contributed by atoms with Gasteiger partial charge in [0.25, 0.3) is 0 Å². The second-order valence-electron chi connectivity index (χ2n) is 29.1. The zero-order valence-electron chi connectivity index (χ0n) is 50.5. The van der Waals surface area contributed by atoms with Crippen LogP contribution in [0.2, 0.25) is 0 Å². The number of rotatable bonds is 7. The van der Waals surface area contributed by atoms with E-state index >= 15 is 0 Å². The summed E-state index contributed by atoms with van der Waals surface area (Å²) in [6, 6.07) is 43.8. The van der Waals surface area contributed by atoms with Crippen molar-refractivity contribution in [1.29, 1.82) is 0 Å². The van der Waals surface area contributed by atoms with Gasteiger partial charge in [0, 0.05) is 0 Å². The molecule has 7 heteroatoms. The lowest BCUT2D eigenvalue weighted by atomic mass is 9.68. The number of benzene rings is 6. The topological polar surface area (TPSA) is 90.2 Å². The van der Waals surface area contributed by atoms with Gasteiger partial charge in [-0.3, -0.25) is 0 Å². The van der Waals surface area contributed by atoms with Crippen LogP contribution in [0.15, 0.2) is 109 Å². The summed E-state index contributed by atoms with van der Waals surface area (Å²) >= 11 is 0. The van der Waals surface area contributed by atoms with E-state index in [9.17, 15) is 0 Å². The molecule has 6 aromatic carbocycles. The summed E-state index contributed by atoms with van der Waals surface area (Å²) in [4.78, 5) is 31.3. The van der Waals surface area contributed by atoms with Gasteiger partial charge in [0.1, 0.15) is 0 Å². The third kappa shape index (κ3) is 14.8. The summed E-state index contributed by atoms with van der Waals surface area (Å²) in [6.07, 6.45) is 0. The molecule has 0 amide bonds. The lowest BCUT2D eigenvalue weighted by Crippen LogP contribution is -2.20. The molecule has 0 aliphatic heterocycles. The fraction of sp³-hybridized carbons (Fsp3) is 0.471. The molecule has 0 aliphatic rings. The molecule has 0 aromatic heterocycles. The highest BCUT2D eigenvalue weighted by atomic mass is 31.2. The molecule has 0 unspecified atom stereocenters. The molecule has 0 radical (unpaired) electrons. The van der Waals surface area contributed by atoms with E-state index < -0.39 is 17.2 Å². The standard InChI is InChI=1S/C68H90.H4O5P2/c1-61(2,3)44-30-34-48(54(38-44)65(13,14)15)53-42-52(43-28-26-25-27-29-43)58(49-35-31-45(62(4,5)6)39-55(49)66(16,17)18)60(51-37-33-47(64(10,11)12)41-57(51)68(22,23)24)59(53)50-36-32-46(63(7,8)9)40-56(50)67(19,20)21;1-6(2)5-7(3)4/h25-42H,1-24H3;1-4H. The van der Waals surface area contributed by atoms with Crippen LogP contribution in [0.4, 0.5) is 0 Å². The molecule has 0 atom stereocenters. The largest absolute Gasteiger partial charge is 0.334 e. The van der Waals surface area contributed by atoms with Crippen molar-refractivity contribution in [3.8, 4) is 55.6 Å². The highest BCUT2D eigenvalue weighted by Gasteiger charge is 2.36. The van der Waals surface area contributed by atoms with Crippen molar-refractivity contribution < 1.29 is 23.9 Å². The van der Waals surface area contributed by atoms with Crippen molar-refractivity contribution in [3.63, 3.8) is 0 Å². The first kappa shape index (κ1) is 61.8. The molecule has 0 saturated carbocycles. The second-order valence-corrected chi connectivity index (χ2v) is 30.8. The number of hydrogen-bond donors (Lipinski definition) is 4. The van der Waals surface area contributed by atoms with Crippen LogP contribution < -0.4 is 0 Å². The van der Waals surface area contributed by atoms with Gasteiger partial charge in [-0.25, -0.2) is 4.31 Å². The van der Waals surface area contributed by atoms with Crippen LogP contribution in [0.5, 0.6) is 0 Å². The Morgan fingerprint density at radius 3 is 0.800 bits per heavy atom. The lowest BCUT2D eigenvalue weighted by molar-refractivity contribution is 0.324. The first-order valence-corrected chi connectivity index (χ1v) is 29.2. The summed E-state index contributed by atoms with van der Waals surface area (Å²) in [6.45, 7) is 57.1. The molecule has 6 aromatic rings. The van der Waals surface area contributed by atoms with E-state index in [1.807, 2.05) is 0 Å². The zero-order chi connectivity index (χ0) is 57.0. The summed E-state index contributed by atoms with van der Waals surface area (Å²) in [5.41, 5.74) is 23.1. The SMILES string of the molecule is CC(C)(C)c1ccc(-c2cc(-c3ccccc3)c(-c3ccc(C(C)(C)C)cc3C(C)(C)C)c(-c3ccc(C(C)(C)C)cc3C(C)(C)C)c2-c2ccc(C(C)(C)C)cc2C(C)(C)C)c(C(C)(C)C)c1.OP(O)OP(O)O. The van der Waals surface area contributed by atoms with Gasteiger partial charge in [-0.15, -0.1) is 0 Å². The minimum Gasteiger partial charge on any atom is -0.328 e. The third-order valence-electron chi connectivity index (χ3n) is 14.4. The van der Waals surface area contributed by atoms with Gasteiger partial charge in [0.2, 0.25) is 0 Å². The Kier molecular flexibility index (Phi) is 18.2. The maximum absolute atomic E-state index is 7.82. The van der Waals surface area contributed by atoms with Crippen molar-refractivity contribution in [2.24, 2.45) is 0 Å². The van der Waals surface area contributed by atoms with E-state index in [0.29, 0.717) is 0 Å². The van der Waals surface area contributed by atoms with Crippen molar-refractivity contribution in [2.75, 3.05) is 0 Å². The first-order valence-electron chi connectivity index (χ1n) is 26.9. The van der Waals surface area contributed by atoms with E-state index in [1.54, 1.807) is 0 Å². The summed E-state index contributed by atoms with van der Waals surface area (Å²) in [5.74, 6) is 0. The molecule has 75 heavy (non-hydrogen) atoms. The van der Waals surface area contributed by atoms with Crippen LogP contribution in [0, 0.1) is 0 Å².